The van der Waals surface area contributed by atoms with Crippen molar-refractivity contribution in [2.45, 2.75) is 166 Å². The van der Waals surface area contributed by atoms with Crippen LogP contribution in [0, 0.1) is 20.8 Å². The van der Waals surface area contributed by atoms with Crippen molar-refractivity contribution < 1.29 is 96.0 Å². The molecule has 720 valence electrons. The predicted molar refractivity (Wildman–Crippen MR) is 543 cm³/mol. The Balaban J connectivity index is 0.000000128. The van der Waals surface area contributed by atoms with E-state index < -0.39 is 17.9 Å². The summed E-state index contributed by atoms with van der Waals surface area (Å²) in [5.74, 6) is -0.297. The minimum atomic E-state index is -0.437. The molecule has 28 nitrogen and oxygen atoms in total. The summed E-state index contributed by atoms with van der Waals surface area (Å²) < 4.78 is 21.9. The van der Waals surface area contributed by atoms with Crippen LogP contribution in [0.5, 0.6) is 23.0 Å². The summed E-state index contributed by atoms with van der Waals surface area (Å²) in [6.45, 7) is 18.4. The molecule has 8 aliphatic rings. The van der Waals surface area contributed by atoms with Gasteiger partial charge in [0.05, 0.1) is 65.9 Å². The third kappa shape index (κ3) is 26.1. The van der Waals surface area contributed by atoms with Crippen LogP contribution in [0.15, 0.2) is 272 Å². The summed E-state index contributed by atoms with van der Waals surface area (Å²) in [6, 6.07) is 77.5. The van der Waals surface area contributed by atoms with E-state index >= 15 is 0 Å². The summed E-state index contributed by atoms with van der Waals surface area (Å²) in [7, 11) is 1.58. The average molecular weight is 1900 g/mol. The zero-order valence-electron chi connectivity index (χ0n) is 80.7. The lowest BCUT2D eigenvalue weighted by molar-refractivity contribution is -0.141. The number of rotatable bonds is 9. The maximum absolute atomic E-state index is 10.9. The van der Waals surface area contributed by atoms with Gasteiger partial charge < -0.3 is 57.6 Å². The number of hydrogen-bond acceptors (Lipinski definition) is 28. The molecule has 5 aliphatic carbocycles. The third-order valence-electron chi connectivity index (χ3n) is 23.9. The van der Waals surface area contributed by atoms with Crippen LogP contribution in [-0.4, -0.2) is 120 Å². The summed E-state index contributed by atoms with van der Waals surface area (Å²) in [5, 5.41) is 43.0. The van der Waals surface area contributed by atoms with Crippen molar-refractivity contribution in [2.24, 2.45) is 41.2 Å². The minimum absolute atomic E-state index is 0.330. The van der Waals surface area contributed by atoms with E-state index in [0.717, 1.165) is 189 Å². The first-order chi connectivity index (χ1) is 68.2. The lowest BCUT2D eigenvalue weighted by Gasteiger charge is -2.20. The number of carbonyl (C=O) groups excluding carboxylic acids is 8. The van der Waals surface area contributed by atoms with Crippen molar-refractivity contribution >= 4 is 147 Å². The minimum Gasteiger partial charge on any atom is -0.493 e. The molecule has 0 aromatic heterocycles. The monoisotopic (exact) mass is 1900 g/mol. The molecule has 0 radical (unpaired) electrons. The fraction of sp³-hybridized carbons (Fsp3) is 0.257. The molecule has 0 N–H and O–H groups in total. The van der Waals surface area contributed by atoms with E-state index in [1.165, 1.54) is 132 Å². The van der Waals surface area contributed by atoms with Crippen molar-refractivity contribution in [3.05, 3.63) is 320 Å². The second-order valence-electron chi connectivity index (χ2n) is 34.0. The maximum atomic E-state index is 10.9. The van der Waals surface area contributed by atoms with Crippen molar-refractivity contribution in [3.63, 3.8) is 0 Å². The molecule has 0 fully saturated rings. The van der Waals surface area contributed by atoms with Crippen LogP contribution in [0.3, 0.4) is 0 Å². The summed E-state index contributed by atoms with van der Waals surface area (Å²) in [6.07, 6.45) is 12.6. The van der Waals surface area contributed by atoms with Crippen molar-refractivity contribution in [3.8, 4) is 23.0 Å². The van der Waals surface area contributed by atoms with E-state index in [-0.39, 0.29) is 29.8 Å². The second-order valence-corrected chi connectivity index (χ2v) is 34.0. The average Bonchev–Trinajstić information content (AvgIpc) is 1.02. The zero-order chi connectivity index (χ0) is 99.6. The van der Waals surface area contributed by atoms with Gasteiger partial charge in [-0.2, -0.15) is 0 Å². The first-order valence-corrected chi connectivity index (χ1v) is 46.5. The molecule has 0 bridgehead atoms. The zero-order valence-corrected chi connectivity index (χ0v) is 80.7. The molecule has 28 heteroatoms. The molecule has 0 saturated heterocycles. The largest absolute Gasteiger partial charge is 0.493 e. The molecule has 0 atom stereocenters. The number of aryl methyl sites for hydroxylation is 8. The van der Waals surface area contributed by atoms with Gasteiger partial charge in [-0.25, -0.2) is 38.4 Å². The highest BCUT2D eigenvalue weighted by Gasteiger charge is 2.29. The molecule has 0 spiro atoms. The molecule has 13 aromatic rings. The quantitative estimate of drug-likeness (QED) is 0.0736. The molecule has 21 rings (SSSR count). The van der Waals surface area contributed by atoms with Gasteiger partial charge >= 0.3 is 47.8 Å². The summed E-state index contributed by atoms with van der Waals surface area (Å²) >= 11 is 0. The predicted octanol–water partition coefficient (Wildman–Crippen LogP) is 21.8. The summed E-state index contributed by atoms with van der Waals surface area (Å²) in [5.41, 5.74) is 25.0. The Bertz CT molecular complexity index is 7150. The third-order valence-corrected chi connectivity index (χ3v) is 23.9. The van der Waals surface area contributed by atoms with E-state index in [1.807, 2.05) is 133 Å². The number of fused-ring (bicyclic) bond motifs is 18. The van der Waals surface area contributed by atoms with Crippen LogP contribution in [0.4, 0.5) is 0 Å². The van der Waals surface area contributed by atoms with Crippen LogP contribution in [0.25, 0.3) is 53.9 Å². The fourth-order valence-electron chi connectivity index (χ4n) is 17.5. The number of benzene rings is 13. The topological polar surface area (TPSA) is 346 Å². The number of nitrogens with zero attached hydrogens (tertiary/aromatic N) is 8. The molecule has 141 heavy (non-hydrogen) atoms. The van der Waals surface area contributed by atoms with Crippen molar-refractivity contribution in [1.82, 2.24) is 0 Å². The Morgan fingerprint density at radius 2 is 0.645 bits per heavy atom. The van der Waals surface area contributed by atoms with E-state index in [4.69, 9.17) is 52.8 Å². The van der Waals surface area contributed by atoms with Crippen LogP contribution >= 0.6 is 0 Å². The maximum Gasteiger partial charge on any atom is 0.331 e. The van der Waals surface area contributed by atoms with Crippen molar-refractivity contribution in [2.75, 3.05) is 26.9 Å². The molecule has 0 amide bonds. The van der Waals surface area contributed by atoms with Gasteiger partial charge in [-0.3, -0.25) is 0 Å². The summed E-state index contributed by atoms with van der Waals surface area (Å²) in [4.78, 5) is 124. The van der Waals surface area contributed by atoms with Gasteiger partial charge in [-0.1, -0.05) is 247 Å². The van der Waals surface area contributed by atoms with Gasteiger partial charge in [-0.15, -0.1) is 0 Å². The van der Waals surface area contributed by atoms with E-state index in [1.54, 1.807) is 7.11 Å². The van der Waals surface area contributed by atoms with Crippen LogP contribution in [-0.2, 0) is 109 Å². The van der Waals surface area contributed by atoms with Gasteiger partial charge in [0.15, 0.2) is 11.5 Å². The number of methoxy groups -OCH3 is 1. The SMILES string of the molecule is CC(=O)O/N=C1\CCCCc2ccccc21.CC(=O)O/N=C1\CCOc2ccc3ccccc3c21.CC(=O)O/N=C1\CCc2c1ccc1ccccc21.CC(=O)O/N=C1\CCc2cc(C)c(C)cc21.CC(=O)O/N=C1\CCc2ccc3cc(C)ccc3c21.CC(=O)O/N=C1\CCc2ccc3ccccc3c21.CC(=O)O/N=C1\COc2ccc3ccccc3c21.COc1cccc2c1OCC/C2=N\OC(C)=O. The lowest BCUT2D eigenvalue weighted by atomic mass is 9.97. The fourth-order valence-corrected chi connectivity index (χ4v) is 17.5. The lowest BCUT2D eigenvalue weighted by Crippen LogP contribution is -2.17. The number of carbonyl (C=O) groups is 8. The number of ether oxygens (including phenoxy) is 4. The van der Waals surface area contributed by atoms with Crippen LogP contribution < -0.4 is 18.9 Å². The standard InChI is InChI=1S/C16H15NO2.C15H13NO3.2C15H13NO2.C14H11NO3.2C13H15NO2.C12H13NO4/c1-10-3-7-14-13(9-10)5-4-12-6-8-15(16(12)14)17-19-11(2)18;1-10(17)19-16-13-8-9-18-14-7-6-11-4-2-3-5-12(11)15(13)14;1-10(17)18-16-14-9-8-12-7-6-11-4-2-3-5-13(11)15(12)14;1-10(17)18-16-15-9-8-13-12-5-3-2-4-11(12)6-7-14(13)15;1-9(16)18-15-12-8-17-13-7-6-10-4-2-3-5-11(10)14(12)13;1-8-6-11-4-5-13(14-16-10(3)15)12(11)7-9(8)2;1-10(15)16-14-13-9-5-3-7-11-6-2-4-8-12(11)13;1-8(14)17-13-10-6-7-16-12-9(10)4-3-5-11(12)15-2/h3-5,7,9H,6,8H2,1-2H3;2-7H,8-9H2,1H3;2*2-7H,8-9H2,1H3;2-7H,8H2,1H3;6-7H,4-5H2,1-3H3;2,4,6,8H,3,5,7,9H2,1H3;3-5H,6-7H2,1-2H3/b17-15+;16-13+;16-14+;16-15+;15-12+;2*14-13+;13-10+. The molecule has 3 aliphatic heterocycles. The number of oxime groups is 8. The molecule has 0 saturated carbocycles. The van der Waals surface area contributed by atoms with E-state index in [0.29, 0.717) is 55.6 Å². The smallest absolute Gasteiger partial charge is 0.331 e. The van der Waals surface area contributed by atoms with Gasteiger partial charge in [0.25, 0.3) is 0 Å². The Labute approximate surface area is 815 Å². The van der Waals surface area contributed by atoms with Crippen LogP contribution in [0.2, 0.25) is 0 Å². The molecule has 13 aromatic carbocycles. The highest BCUT2D eigenvalue weighted by Crippen LogP contribution is 2.40. The Kier molecular flexibility index (Phi) is 34.2. The van der Waals surface area contributed by atoms with E-state index in [2.05, 4.69) is 164 Å². The van der Waals surface area contributed by atoms with Gasteiger partial charge in [0.2, 0.25) is 0 Å². The number of para-hydroxylation sites is 1. The van der Waals surface area contributed by atoms with Crippen molar-refractivity contribution in [1.29, 1.82) is 0 Å². The highest BCUT2D eigenvalue weighted by atomic mass is 16.7. The second kappa shape index (κ2) is 48.0. The molecule has 0 unspecified atom stereocenters. The van der Waals surface area contributed by atoms with Gasteiger partial charge in [0, 0.05) is 107 Å². The first-order valence-electron chi connectivity index (χ1n) is 46.5. The Morgan fingerprint density at radius 3 is 1.20 bits per heavy atom. The van der Waals surface area contributed by atoms with Crippen LogP contribution in [0.1, 0.15) is 202 Å². The highest BCUT2D eigenvalue weighted by molar-refractivity contribution is 6.18. The van der Waals surface area contributed by atoms with Gasteiger partial charge in [0.1, 0.15) is 23.8 Å². The Hall–Kier alpha value is -16.5. The van der Waals surface area contributed by atoms with Gasteiger partial charge in [-0.05, 0) is 221 Å². The first kappa shape index (κ1) is 100. The molecule has 3 heterocycles. The number of hydrogen-bond donors (Lipinski definition) is 0. The van der Waals surface area contributed by atoms with E-state index in [9.17, 15) is 38.4 Å². The molecular formula is C113H108N8O20. The normalized spacial score (nSPS) is 16.1. The Morgan fingerprint density at radius 1 is 0.262 bits per heavy atom. The molecular weight excluding hydrogens is 1790 g/mol.